The minimum Gasteiger partial charge on any atom is -0.481 e. The Labute approximate surface area is 223 Å². The van der Waals surface area contributed by atoms with Crippen molar-refractivity contribution in [1.29, 1.82) is 0 Å². The number of rotatable bonds is 7. The van der Waals surface area contributed by atoms with E-state index in [0.29, 0.717) is 32.3 Å². The van der Waals surface area contributed by atoms with Crippen molar-refractivity contribution in [2.75, 3.05) is 0 Å². The first kappa shape index (κ1) is 25.0. The Balaban J connectivity index is 1.64. The SMILES string of the molecule is O=c1c2ccccc2nc(-c2ccccc2)n1N=Cc1cc(Br)cc([N+](=O)[O-])c1OCc1cccc(F)c1. The normalized spacial score (nSPS) is 11.2. The fourth-order valence-corrected chi connectivity index (χ4v) is 4.36. The molecule has 0 atom stereocenters. The van der Waals surface area contributed by atoms with Gasteiger partial charge in [0.05, 0.1) is 22.0 Å². The van der Waals surface area contributed by atoms with Crippen LogP contribution in [0.5, 0.6) is 5.75 Å². The van der Waals surface area contributed by atoms with Gasteiger partial charge in [-0.1, -0.05) is 70.5 Å². The Bertz CT molecular complexity index is 1760. The number of nitro groups is 1. The maximum atomic E-state index is 13.6. The van der Waals surface area contributed by atoms with E-state index in [1.165, 1.54) is 30.5 Å². The van der Waals surface area contributed by atoms with Crippen molar-refractivity contribution in [3.05, 3.63) is 133 Å². The van der Waals surface area contributed by atoms with Crippen LogP contribution in [0.1, 0.15) is 11.1 Å². The molecule has 4 aromatic carbocycles. The van der Waals surface area contributed by atoms with Gasteiger partial charge in [0.2, 0.25) is 5.75 Å². The lowest BCUT2D eigenvalue weighted by atomic mass is 10.1. The van der Waals surface area contributed by atoms with Crippen molar-refractivity contribution in [3.63, 3.8) is 0 Å². The summed E-state index contributed by atoms with van der Waals surface area (Å²) in [4.78, 5) is 29.4. The predicted octanol–water partition coefficient (Wildman–Crippen LogP) is 6.33. The molecule has 0 N–H and O–H groups in total. The lowest BCUT2D eigenvalue weighted by Crippen LogP contribution is -2.20. The maximum absolute atomic E-state index is 13.6. The van der Waals surface area contributed by atoms with E-state index >= 15 is 0 Å². The minimum atomic E-state index is -0.581. The van der Waals surface area contributed by atoms with E-state index in [-0.39, 0.29) is 23.6 Å². The molecule has 5 aromatic rings. The second-order valence-corrected chi connectivity index (χ2v) is 9.11. The van der Waals surface area contributed by atoms with Gasteiger partial charge in [-0.25, -0.2) is 9.37 Å². The number of ether oxygens (including phenoxy) is 1. The highest BCUT2D eigenvalue weighted by Crippen LogP contribution is 2.34. The van der Waals surface area contributed by atoms with Crippen LogP contribution < -0.4 is 10.3 Å². The Morgan fingerprint density at radius 3 is 2.55 bits per heavy atom. The molecule has 0 aliphatic carbocycles. The molecule has 5 rings (SSSR count). The number of benzene rings is 4. The van der Waals surface area contributed by atoms with Crippen LogP contribution in [-0.2, 0) is 6.61 Å². The Morgan fingerprint density at radius 2 is 1.79 bits per heavy atom. The molecule has 1 heterocycles. The Morgan fingerprint density at radius 1 is 1.03 bits per heavy atom. The van der Waals surface area contributed by atoms with Crippen LogP contribution in [0.25, 0.3) is 22.3 Å². The average molecular weight is 573 g/mol. The predicted molar refractivity (Wildman–Crippen MR) is 146 cm³/mol. The summed E-state index contributed by atoms with van der Waals surface area (Å²) in [6, 6.07) is 24.7. The van der Waals surface area contributed by atoms with Crippen LogP contribution in [0.4, 0.5) is 10.1 Å². The van der Waals surface area contributed by atoms with E-state index in [1.807, 2.05) is 18.2 Å². The van der Waals surface area contributed by atoms with Gasteiger partial charge in [0, 0.05) is 21.7 Å². The third-order valence-electron chi connectivity index (χ3n) is 5.63. The summed E-state index contributed by atoms with van der Waals surface area (Å²) in [5.41, 5.74) is 1.19. The van der Waals surface area contributed by atoms with Crippen LogP contribution in [0, 0.1) is 15.9 Å². The van der Waals surface area contributed by atoms with Crippen LogP contribution in [0.3, 0.4) is 0 Å². The van der Waals surface area contributed by atoms with E-state index in [9.17, 15) is 19.3 Å². The highest BCUT2D eigenvalue weighted by atomic mass is 79.9. The van der Waals surface area contributed by atoms with E-state index in [4.69, 9.17) is 4.74 Å². The molecule has 8 nitrogen and oxygen atoms in total. The van der Waals surface area contributed by atoms with Crippen molar-refractivity contribution in [2.24, 2.45) is 5.10 Å². The van der Waals surface area contributed by atoms with Gasteiger partial charge >= 0.3 is 5.69 Å². The molecule has 0 bridgehead atoms. The lowest BCUT2D eigenvalue weighted by Gasteiger charge is -2.12. The van der Waals surface area contributed by atoms with E-state index in [1.54, 1.807) is 48.5 Å². The summed E-state index contributed by atoms with van der Waals surface area (Å²) < 4.78 is 21.0. The summed E-state index contributed by atoms with van der Waals surface area (Å²) in [5.74, 6) is -0.221. The summed E-state index contributed by atoms with van der Waals surface area (Å²) in [7, 11) is 0. The molecule has 188 valence electrons. The molecule has 0 amide bonds. The van der Waals surface area contributed by atoms with Crippen LogP contribution in [0.15, 0.2) is 105 Å². The van der Waals surface area contributed by atoms with Gasteiger partial charge in [0.15, 0.2) is 5.82 Å². The molecule has 0 saturated carbocycles. The summed E-state index contributed by atoms with van der Waals surface area (Å²) >= 11 is 3.29. The molecule has 0 radical (unpaired) electrons. The molecule has 38 heavy (non-hydrogen) atoms. The summed E-state index contributed by atoms with van der Waals surface area (Å²) in [5, 5.41) is 16.6. The van der Waals surface area contributed by atoms with Gasteiger partial charge in [-0.05, 0) is 35.9 Å². The highest BCUT2D eigenvalue weighted by Gasteiger charge is 2.21. The molecule has 0 spiro atoms. The quantitative estimate of drug-likeness (QED) is 0.129. The third kappa shape index (κ3) is 5.21. The number of nitro benzene ring substituents is 1. The highest BCUT2D eigenvalue weighted by molar-refractivity contribution is 9.10. The number of nitrogens with zero attached hydrogens (tertiary/aromatic N) is 4. The second kappa shape index (κ2) is 10.7. The average Bonchev–Trinajstić information content (AvgIpc) is 2.92. The second-order valence-electron chi connectivity index (χ2n) is 8.20. The fourth-order valence-electron chi connectivity index (χ4n) is 3.90. The van der Waals surface area contributed by atoms with Crippen LogP contribution >= 0.6 is 15.9 Å². The molecule has 10 heteroatoms. The molecular weight excluding hydrogens is 555 g/mol. The van der Waals surface area contributed by atoms with Crippen LogP contribution in [-0.4, -0.2) is 20.8 Å². The zero-order chi connectivity index (χ0) is 26.6. The number of hydrogen-bond acceptors (Lipinski definition) is 6. The maximum Gasteiger partial charge on any atom is 0.312 e. The lowest BCUT2D eigenvalue weighted by molar-refractivity contribution is -0.386. The van der Waals surface area contributed by atoms with E-state index < -0.39 is 16.3 Å². The third-order valence-corrected chi connectivity index (χ3v) is 6.09. The topological polar surface area (TPSA) is 99.6 Å². The summed E-state index contributed by atoms with van der Waals surface area (Å²) in [6.07, 6.45) is 1.31. The summed E-state index contributed by atoms with van der Waals surface area (Å²) in [6.45, 7) is -0.117. The molecule has 0 fully saturated rings. The number of halogens is 2. The first-order chi connectivity index (χ1) is 18.4. The molecule has 1 aromatic heterocycles. The van der Waals surface area contributed by atoms with Crippen molar-refractivity contribution < 1.29 is 14.1 Å². The largest absolute Gasteiger partial charge is 0.481 e. The number of aromatic nitrogens is 2. The molecule has 0 saturated heterocycles. The van der Waals surface area contributed by atoms with Crippen molar-refractivity contribution >= 4 is 38.7 Å². The molecule has 0 aliphatic rings. The Kier molecular flexibility index (Phi) is 7.05. The van der Waals surface area contributed by atoms with E-state index in [2.05, 4.69) is 26.0 Å². The number of hydrogen-bond donors (Lipinski definition) is 0. The van der Waals surface area contributed by atoms with Crippen molar-refractivity contribution in [1.82, 2.24) is 9.66 Å². The monoisotopic (exact) mass is 572 g/mol. The smallest absolute Gasteiger partial charge is 0.312 e. The number of fused-ring (bicyclic) bond motifs is 1. The van der Waals surface area contributed by atoms with Gasteiger partial charge in [0.1, 0.15) is 12.4 Å². The Hall–Kier alpha value is -4.70. The van der Waals surface area contributed by atoms with E-state index in [0.717, 1.165) is 4.68 Å². The molecule has 0 unspecified atom stereocenters. The molecular formula is C28H18BrFN4O4. The van der Waals surface area contributed by atoms with Gasteiger partial charge < -0.3 is 4.74 Å². The first-order valence-electron chi connectivity index (χ1n) is 11.4. The van der Waals surface area contributed by atoms with Crippen molar-refractivity contribution in [3.8, 4) is 17.1 Å². The zero-order valence-corrected chi connectivity index (χ0v) is 21.2. The minimum absolute atomic E-state index is 0.0748. The van der Waals surface area contributed by atoms with Gasteiger partial charge in [0.25, 0.3) is 5.56 Å². The standard InChI is InChI=1S/C28H18BrFN4O4/c29-21-14-20(26(25(15-21)34(36)37)38-17-18-7-6-10-22(30)13-18)16-31-33-27(19-8-2-1-3-9-19)32-24-12-5-4-11-23(24)28(33)35/h1-16H,17H2. The van der Waals surface area contributed by atoms with Gasteiger partial charge in [-0.15, -0.1) is 0 Å². The molecule has 0 aliphatic heterocycles. The van der Waals surface area contributed by atoms with Gasteiger partial charge in [-0.3, -0.25) is 14.9 Å². The van der Waals surface area contributed by atoms with Crippen molar-refractivity contribution in [2.45, 2.75) is 6.61 Å². The van der Waals surface area contributed by atoms with Gasteiger partial charge in [-0.2, -0.15) is 9.78 Å². The zero-order valence-electron chi connectivity index (χ0n) is 19.6. The first-order valence-corrected chi connectivity index (χ1v) is 12.2. The fraction of sp³-hybridized carbons (Fsp3) is 0.0357. The number of para-hydroxylation sites is 1. The van der Waals surface area contributed by atoms with Crippen LogP contribution in [0.2, 0.25) is 0 Å².